The molecule has 0 radical (unpaired) electrons. The highest BCUT2D eigenvalue weighted by Gasteiger charge is 2.18. The average Bonchev–Trinajstić information content (AvgIpc) is 3.36. The van der Waals surface area contributed by atoms with E-state index in [1.807, 2.05) is 24.3 Å². The van der Waals surface area contributed by atoms with Crippen LogP contribution in [0.15, 0.2) is 72.9 Å². The summed E-state index contributed by atoms with van der Waals surface area (Å²) in [6, 6.07) is 22.6. The highest BCUT2D eigenvalue weighted by molar-refractivity contribution is 5.84. The van der Waals surface area contributed by atoms with E-state index in [9.17, 15) is 0 Å². The van der Waals surface area contributed by atoms with E-state index >= 15 is 0 Å². The lowest BCUT2D eigenvalue weighted by Crippen LogP contribution is -2.15. The summed E-state index contributed by atoms with van der Waals surface area (Å²) in [5, 5.41) is 20.4. The molecular weight excluding hydrogens is 338 g/mol. The van der Waals surface area contributed by atoms with Gasteiger partial charge in [0.15, 0.2) is 5.65 Å². The predicted octanol–water partition coefficient (Wildman–Crippen LogP) is 3.24. The van der Waals surface area contributed by atoms with E-state index in [1.54, 1.807) is 0 Å². The molecule has 5 rings (SSSR count). The summed E-state index contributed by atoms with van der Waals surface area (Å²) in [6.45, 7) is 0.701. The second-order valence-electron chi connectivity index (χ2n) is 6.38. The van der Waals surface area contributed by atoms with Crippen molar-refractivity contribution >= 4 is 22.4 Å². The molecule has 0 fully saturated rings. The molecule has 5 aromatic rings. The van der Waals surface area contributed by atoms with Crippen molar-refractivity contribution in [3.05, 3.63) is 84.1 Å². The van der Waals surface area contributed by atoms with Crippen molar-refractivity contribution in [1.82, 2.24) is 30.2 Å². The van der Waals surface area contributed by atoms with E-state index in [2.05, 4.69) is 79.6 Å². The minimum atomic E-state index is 0.175. The molecule has 0 spiro atoms. The van der Waals surface area contributed by atoms with Gasteiger partial charge < -0.3 is 10.3 Å². The Kier molecular flexibility index (Phi) is 3.75. The maximum Gasteiger partial charge on any atom is 0.200 e. The number of para-hydroxylation sites is 1. The number of tetrazole rings is 1. The summed E-state index contributed by atoms with van der Waals surface area (Å²) in [7, 11) is 0. The van der Waals surface area contributed by atoms with Crippen LogP contribution < -0.4 is 5.32 Å². The summed E-state index contributed by atoms with van der Waals surface area (Å²) in [6.07, 6.45) is 2.10. The van der Waals surface area contributed by atoms with Crippen molar-refractivity contribution in [1.29, 1.82) is 0 Å². The maximum absolute atomic E-state index is 4.41. The fourth-order valence-electron chi connectivity index (χ4n) is 3.43. The van der Waals surface area contributed by atoms with Crippen molar-refractivity contribution in [2.75, 3.05) is 11.9 Å². The van der Waals surface area contributed by atoms with Crippen LogP contribution in [0.3, 0.4) is 0 Å². The van der Waals surface area contributed by atoms with Crippen molar-refractivity contribution in [2.24, 2.45) is 0 Å². The quantitative estimate of drug-likeness (QED) is 0.506. The predicted molar refractivity (Wildman–Crippen MR) is 104 cm³/mol. The Labute approximate surface area is 155 Å². The Hall–Kier alpha value is -3.74. The van der Waals surface area contributed by atoms with E-state index < -0.39 is 0 Å². The second-order valence-corrected chi connectivity index (χ2v) is 6.38. The maximum atomic E-state index is 4.41. The molecule has 0 aliphatic rings. The molecule has 27 heavy (non-hydrogen) atoms. The van der Waals surface area contributed by atoms with Crippen molar-refractivity contribution < 1.29 is 0 Å². The normalized spacial score (nSPS) is 12.4. The number of aromatic amines is 1. The second kappa shape index (κ2) is 6.53. The first kappa shape index (κ1) is 15.5. The first-order chi connectivity index (χ1) is 13.4. The summed E-state index contributed by atoms with van der Waals surface area (Å²) in [5.74, 6) is 0.907. The molecular formula is C20H17N7. The third-order valence-electron chi connectivity index (χ3n) is 4.76. The minimum absolute atomic E-state index is 0.175. The highest BCUT2D eigenvalue weighted by Crippen LogP contribution is 2.31. The number of H-pyrrole nitrogens is 1. The van der Waals surface area contributed by atoms with Crippen LogP contribution in [-0.2, 0) is 0 Å². The number of hydrogen-bond acceptors (Lipinski definition) is 5. The fraction of sp³-hybridized carbons (Fsp3) is 0.100. The van der Waals surface area contributed by atoms with Gasteiger partial charge in [0.1, 0.15) is 5.82 Å². The van der Waals surface area contributed by atoms with Gasteiger partial charge in [0.25, 0.3) is 0 Å². The third kappa shape index (κ3) is 2.89. The van der Waals surface area contributed by atoms with E-state index in [1.165, 1.54) is 21.1 Å². The Bertz CT molecular complexity index is 1190. The van der Waals surface area contributed by atoms with Crippen LogP contribution in [0.25, 0.3) is 16.6 Å². The lowest BCUT2D eigenvalue weighted by molar-refractivity contribution is 0.731. The average molecular weight is 355 g/mol. The van der Waals surface area contributed by atoms with Crippen LogP contribution in [0, 0.1) is 0 Å². The number of hydrogen-bond donors (Lipinski definition) is 2. The summed E-state index contributed by atoms with van der Waals surface area (Å²) < 4.78 is 1.42. The molecule has 0 bridgehead atoms. The van der Waals surface area contributed by atoms with Gasteiger partial charge in [-0.1, -0.05) is 48.5 Å². The Morgan fingerprint density at radius 2 is 1.81 bits per heavy atom. The van der Waals surface area contributed by atoms with Crippen LogP contribution in [-0.4, -0.2) is 36.8 Å². The number of rotatable bonds is 5. The van der Waals surface area contributed by atoms with Crippen LogP contribution in [0.2, 0.25) is 0 Å². The molecule has 0 aliphatic heterocycles. The molecule has 7 nitrogen and oxygen atoms in total. The first-order valence-electron chi connectivity index (χ1n) is 8.79. The van der Waals surface area contributed by atoms with Gasteiger partial charge in [-0.2, -0.15) is 0 Å². The van der Waals surface area contributed by atoms with Gasteiger partial charge in [-0.05, 0) is 39.8 Å². The summed E-state index contributed by atoms with van der Waals surface area (Å²) >= 11 is 0. The number of anilines is 1. The van der Waals surface area contributed by atoms with Crippen molar-refractivity contribution in [3.8, 4) is 0 Å². The smallest absolute Gasteiger partial charge is 0.200 e. The largest absolute Gasteiger partial charge is 0.368 e. The summed E-state index contributed by atoms with van der Waals surface area (Å²) in [5.41, 5.74) is 4.27. The molecule has 3 aromatic heterocycles. The molecule has 0 aliphatic carbocycles. The van der Waals surface area contributed by atoms with Gasteiger partial charge in [-0.25, -0.2) is 0 Å². The Morgan fingerprint density at radius 1 is 0.963 bits per heavy atom. The lowest BCUT2D eigenvalue weighted by atomic mass is 9.91. The van der Waals surface area contributed by atoms with Gasteiger partial charge in [0.2, 0.25) is 0 Å². The van der Waals surface area contributed by atoms with Crippen LogP contribution in [0.4, 0.5) is 5.82 Å². The molecule has 0 saturated carbocycles. The minimum Gasteiger partial charge on any atom is -0.368 e. The molecule has 0 amide bonds. The number of fused-ring (bicyclic) bond motifs is 2. The van der Waals surface area contributed by atoms with Crippen LogP contribution in [0.5, 0.6) is 0 Å². The van der Waals surface area contributed by atoms with E-state index in [0.717, 1.165) is 11.3 Å². The lowest BCUT2D eigenvalue weighted by Gasteiger charge is -2.18. The van der Waals surface area contributed by atoms with Crippen molar-refractivity contribution in [2.45, 2.75) is 5.92 Å². The zero-order valence-electron chi connectivity index (χ0n) is 14.4. The fourth-order valence-corrected chi connectivity index (χ4v) is 3.43. The third-order valence-corrected chi connectivity index (χ3v) is 4.76. The zero-order chi connectivity index (χ0) is 18.1. The van der Waals surface area contributed by atoms with Gasteiger partial charge in [0, 0.05) is 29.6 Å². The highest BCUT2D eigenvalue weighted by atomic mass is 15.6. The first-order valence-corrected chi connectivity index (χ1v) is 8.79. The van der Waals surface area contributed by atoms with Gasteiger partial charge in [0.05, 0.1) is 0 Å². The number of nitrogens with zero attached hydrogens (tertiary/aromatic N) is 5. The monoisotopic (exact) mass is 355 g/mol. The standard InChI is InChI=1S/C20H17N7/c1-2-6-14(7-3-1)16(17-13-21-18-9-5-4-8-15(17)18)12-22-19-10-11-20-23-25-26-27(20)24-19/h1-11,13,16,21H,12H2,(H,22,24)/t16-/m0/s1. The van der Waals surface area contributed by atoms with Crippen molar-refractivity contribution in [3.63, 3.8) is 0 Å². The molecule has 0 unspecified atom stereocenters. The molecule has 2 aromatic carbocycles. The van der Waals surface area contributed by atoms with Crippen LogP contribution in [0.1, 0.15) is 17.0 Å². The topological polar surface area (TPSA) is 83.8 Å². The number of benzene rings is 2. The Balaban J connectivity index is 1.50. The number of aromatic nitrogens is 6. The molecule has 0 saturated heterocycles. The molecule has 3 heterocycles. The zero-order valence-corrected chi connectivity index (χ0v) is 14.4. The van der Waals surface area contributed by atoms with Crippen LogP contribution >= 0.6 is 0 Å². The van der Waals surface area contributed by atoms with E-state index in [0.29, 0.717) is 12.2 Å². The summed E-state index contributed by atoms with van der Waals surface area (Å²) in [4.78, 5) is 3.38. The Morgan fingerprint density at radius 3 is 2.74 bits per heavy atom. The number of nitrogens with one attached hydrogen (secondary N) is 2. The molecule has 1 atom stereocenters. The molecule has 2 N–H and O–H groups in total. The molecule has 132 valence electrons. The SMILES string of the molecule is c1ccc([C@H](CNc2ccc3nnnn3n2)c2c[nH]c3ccccc23)cc1. The van der Waals surface area contributed by atoms with Gasteiger partial charge in [-0.15, -0.1) is 14.8 Å². The van der Waals surface area contributed by atoms with E-state index in [-0.39, 0.29) is 5.92 Å². The van der Waals surface area contributed by atoms with E-state index in [4.69, 9.17) is 0 Å². The van der Waals surface area contributed by atoms with Gasteiger partial charge >= 0.3 is 0 Å². The van der Waals surface area contributed by atoms with Gasteiger partial charge in [-0.3, -0.25) is 0 Å². The molecule has 7 heteroatoms.